The van der Waals surface area contributed by atoms with E-state index < -0.39 is 10.0 Å². The summed E-state index contributed by atoms with van der Waals surface area (Å²) < 4.78 is 30.3. The third-order valence-electron chi connectivity index (χ3n) is 1.88. The number of nitrogens with one attached hydrogen (secondary N) is 1. The van der Waals surface area contributed by atoms with Crippen molar-refractivity contribution < 1.29 is 13.2 Å². The van der Waals surface area contributed by atoms with Crippen LogP contribution in [0.15, 0.2) is 0 Å². The minimum Gasteiger partial charge on any atom is -0.381 e. The molecule has 0 amide bonds. The molecule has 0 aliphatic rings. The van der Waals surface area contributed by atoms with Crippen LogP contribution in [0.5, 0.6) is 0 Å². The van der Waals surface area contributed by atoms with Gasteiger partial charge in [0.2, 0.25) is 10.0 Å². The van der Waals surface area contributed by atoms with Gasteiger partial charge in [-0.1, -0.05) is 6.92 Å². The fraction of sp³-hybridized carbons (Fsp3) is 0.889. The zero-order valence-electron chi connectivity index (χ0n) is 9.19. The first-order valence-corrected chi connectivity index (χ1v) is 6.65. The van der Waals surface area contributed by atoms with Crippen molar-refractivity contribution in [1.82, 2.24) is 4.72 Å². The van der Waals surface area contributed by atoms with Crippen molar-refractivity contribution in [2.45, 2.75) is 32.7 Å². The van der Waals surface area contributed by atoms with Gasteiger partial charge in [0.1, 0.15) is 0 Å². The van der Waals surface area contributed by atoms with E-state index >= 15 is 0 Å². The maximum Gasteiger partial charge on any atom is 0.214 e. The minimum absolute atomic E-state index is 0.0528. The Balaban J connectivity index is 4.06. The lowest BCUT2D eigenvalue weighted by atomic mass is 10.2. The van der Waals surface area contributed by atoms with Crippen LogP contribution < -0.4 is 4.72 Å². The predicted octanol–water partition coefficient (Wildman–Crippen LogP) is 0.635. The second kappa shape index (κ2) is 7.63. The third kappa shape index (κ3) is 7.31. The number of rotatable bonds is 8. The molecule has 0 aromatic carbocycles. The molecule has 1 unspecified atom stereocenters. The van der Waals surface area contributed by atoms with Gasteiger partial charge in [0.05, 0.1) is 24.8 Å². The van der Waals surface area contributed by atoms with Crippen molar-refractivity contribution in [2.75, 3.05) is 19.0 Å². The quantitative estimate of drug-likeness (QED) is 0.625. The van der Waals surface area contributed by atoms with Crippen molar-refractivity contribution >= 4 is 10.0 Å². The van der Waals surface area contributed by atoms with E-state index in [9.17, 15) is 8.42 Å². The molecule has 5 nitrogen and oxygen atoms in total. The van der Waals surface area contributed by atoms with Gasteiger partial charge in [0.25, 0.3) is 0 Å². The Hall–Kier alpha value is -0.640. The fourth-order valence-electron chi connectivity index (χ4n) is 1.01. The molecule has 15 heavy (non-hydrogen) atoms. The first kappa shape index (κ1) is 14.4. The highest BCUT2D eigenvalue weighted by Gasteiger charge is 2.15. The number of sulfonamides is 1. The predicted molar refractivity (Wildman–Crippen MR) is 57.7 cm³/mol. The summed E-state index contributed by atoms with van der Waals surface area (Å²) in [6.07, 6.45) is 0.811. The van der Waals surface area contributed by atoms with Gasteiger partial charge in [-0.25, -0.2) is 13.1 Å². The molecule has 0 aliphatic carbocycles. The van der Waals surface area contributed by atoms with Crippen LogP contribution in [0.2, 0.25) is 0 Å². The van der Waals surface area contributed by atoms with E-state index in [1.54, 1.807) is 0 Å². The van der Waals surface area contributed by atoms with Crippen LogP contribution in [0, 0.1) is 11.3 Å². The van der Waals surface area contributed by atoms with Crippen LogP contribution in [-0.4, -0.2) is 33.4 Å². The van der Waals surface area contributed by atoms with E-state index in [1.807, 2.05) is 19.9 Å². The number of nitrogens with zero attached hydrogens (tertiary/aromatic N) is 1. The normalized spacial score (nSPS) is 13.4. The van der Waals surface area contributed by atoms with Crippen LogP contribution in [0.25, 0.3) is 0 Å². The first-order valence-electron chi connectivity index (χ1n) is 5.00. The van der Waals surface area contributed by atoms with Gasteiger partial charge in [-0.2, -0.15) is 5.26 Å². The molecule has 0 radical (unpaired) electrons. The number of ether oxygens (including phenoxy) is 1. The Labute approximate surface area is 91.5 Å². The van der Waals surface area contributed by atoms with Crippen molar-refractivity contribution in [3.05, 3.63) is 0 Å². The fourth-order valence-corrected chi connectivity index (χ4v) is 2.22. The first-order chi connectivity index (χ1) is 7.05. The molecule has 0 aromatic heterocycles. The SMILES string of the molecule is CCOCCS(=O)(=O)NC(CC)CC#N. The summed E-state index contributed by atoms with van der Waals surface area (Å²) >= 11 is 0. The summed E-state index contributed by atoms with van der Waals surface area (Å²) in [6.45, 7) is 4.34. The molecular weight excluding hydrogens is 216 g/mol. The smallest absolute Gasteiger partial charge is 0.214 e. The summed E-state index contributed by atoms with van der Waals surface area (Å²) in [6, 6.07) is 1.66. The molecule has 1 N–H and O–H groups in total. The van der Waals surface area contributed by atoms with E-state index in [2.05, 4.69) is 4.72 Å². The second-order valence-corrected chi connectivity index (χ2v) is 4.97. The monoisotopic (exact) mass is 234 g/mol. The number of nitriles is 1. The van der Waals surface area contributed by atoms with Crippen LogP contribution in [-0.2, 0) is 14.8 Å². The van der Waals surface area contributed by atoms with E-state index in [0.29, 0.717) is 13.0 Å². The molecule has 88 valence electrons. The Bertz CT molecular complexity index is 295. The highest BCUT2D eigenvalue weighted by molar-refractivity contribution is 7.89. The molecule has 1 atom stereocenters. The summed E-state index contributed by atoms with van der Waals surface area (Å²) in [5, 5.41) is 8.47. The highest BCUT2D eigenvalue weighted by atomic mass is 32.2. The molecule has 0 rings (SSSR count). The van der Waals surface area contributed by atoms with Crippen molar-refractivity contribution in [3.63, 3.8) is 0 Å². The van der Waals surface area contributed by atoms with Gasteiger partial charge in [-0.3, -0.25) is 0 Å². The molecule has 0 saturated heterocycles. The number of hydrogen-bond acceptors (Lipinski definition) is 4. The van der Waals surface area contributed by atoms with Crippen molar-refractivity contribution in [2.24, 2.45) is 0 Å². The lowest BCUT2D eigenvalue weighted by molar-refractivity contribution is 0.163. The minimum atomic E-state index is -3.31. The Morgan fingerprint density at radius 3 is 2.60 bits per heavy atom. The topological polar surface area (TPSA) is 79.2 Å². The Morgan fingerprint density at radius 1 is 1.47 bits per heavy atom. The summed E-state index contributed by atoms with van der Waals surface area (Å²) in [7, 11) is -3.31. The van der Waals surface area contributed by atoms with Crippen molar-refractivity contribution in [3.8, 4) is 6.07 Å². The Morgan fingerprint density at radius 2 is 2.13 bits per heavy atom. The molecule has 0 bridgehead atoms. The van der Waals surface area contributed by atoms with Gasteiger partial charge >= 0.3 is 0 Å². The van der Waals surface area contributed by atoms with Crippen molar-refractivity contribution in [1.29, 1.82) is 5.26 Å². The van der Waals surface area contributed by atoms with E-state index in [4.69, 9.17) is 10.00 Å². The lowest BCUT2D eigenvalue weighted by Gasteiger charge is -2.13. The van der Waals surface area contributed by atoms with Gasteiger partial charge in [0, 0.05) is 12.6 Å². The molecule has 0 aliphatic heterocycles. The van der Waals surface area contributed by atoms with E-state index in [0.717, 1.165) is 0 Å². The zero-order chi connectivity index (χ0) is 11.7. The van der Waals surface area contributed by atoms with Gasteiger partial charge < -0.3 is 4.74 Å². The molecule has 0 heterocycles. The maximum atomic E-state index is 11.4. The molecule has 0 saturated carbocycles. The highest BCUT2D eigenvalue weighted by Crippen LogP contribution is 1.99. The lowest BCUT2D eigenvalue weighted by Crippen LogP contribution is -2.36. The molecule has 0 fully saturated rings. The zero-order valence-corrected chi connectivity index (χ0v) is 10.0. The molecule has 0 spiro atoms. The average molecular weight is 234 g/mol. The van der Waals surface area contributed by atoms with Gasteiger partial charge in [-0.05, 0) is 13.3 Å². The van der Waals surface area contributed by atoms with Crippen LogP contribution >= 0.6 is 0 Å². The molecular formula is C9H18N2O3S. The van der Waals surface area contributed by atoms with E-state index in [1.165, 1.54) is 0 Å². The van der Waals surface area contributed by atoms with Gasteiger partial charge in [0.15, 0.2) is 0 Å². The summed E-state index contributed by atoms with van der Waals surface area (Å²) in [4.78, 5) is 0. The van der Waals surface area contributed by atoms with Crippen LogP contribution in [0.3, 0.4) is 0 Å². The summed E-state index contributed by atoms with van der Waals surface area (Å²) in [5.41, 5.74) is 0. The van der Waals surface area contributed by atoms with Crippen LogP contribution in [0.1, 0.15) is 26.7 Å². The Kier molecular flexibility index (Phi) is 7.30. The third-order valence-corrected chi connectivity index (χ3v) is 3.27. The average Bonchev–Trinajstić information content (AvgIpc) is 2.17. The van der Waals surface area contributed by atoms with E-state index in [-0.39, 0.29) is 24.8 Å². The largest absolute Gasteiger partial charge is 0.381 e. The molecule has 6 heteroatoms. The van der Waals surface area contributed by atoms with Crippen LogP contribution in [0.4, 0.5) is 0 Å². The maximum absolute atomic E-state index is 11.4. The number of hydrogen-bond donors (Lipinski definition) is 1. The second-order valence-electron chi connectivity index (χ2n) is 3.10. The van der Waals surface area contributed by atoms with Gasteiger partial charge in [-0.15, -0.1) is 0 Å². The summed E-state index contributed by atoms with van der Waals surface area (Å²) in [5.74, 6) is -0.0528. The molecule has 0 aromatic rings. The standard InChI is InChI=1S/C9H18N2O3S/c1-3-9(5-6-10)11-15(12,13)8-7-14-4-2/h9,11H,3-5,7-8H2,1-2H3.